The van der Waals surface area contributed by atoms with Crippen LogP contribution in [0.15, 0.2) is 46.8 Å². The summed E-state index contributed by atoms with van der Waals surface area (Å²) in [6.45, 7) is 6.00. The minimum Gasteiger partial charge on any atom is -0.361 e. The molecule has 2 aliphatic rings. The third-order valence-electron chi connectivity index (χ3n) is 4.56. The number of nitrogens with one attached hydrogen (secondary N) is 1. The summed E-state index contributed by atoms with van der Waals surface area (Å²) in [6.07, 6.45) is 1.23. The van der Waals surface area contributed by atoms with Crippen LogP contribution in [-0.4, -0.2) is 5.78 Å². The lowest BCUT2D eigenvalue weighted by molar-refractivity contribution is -0.118. The van der Waals surface area contributed by atoms with E-state index in [9.17, 15) is 14.4 Å². The summed E-state index contributed by atoms with van der Waals surface area (Å²) >= 11 is 0. The van der Waals surface area contributed by atoms with Crippen LogP contribution in [-0.2, 0) is 4.79 Å². The number of hydrogen-bond acceptors (Lipinski definition) is 3. The topological polar surface area (TPSA) is 52.9 Å². The van der Waals surface area contributed by atoms with Gasteiger partial charge >= 0.3 is 0 Å². The third-order valence-corrected chi connectivity index (χ3v) is 4.56. The van der Waals surface area contributed by atoms with Gasteiger partial charge in [0.1, 0.15) is 5.82 Å². The Balaban J connectivity index is 2.17. The average Bonchev–Trinajstić information content (AvgIpc) is 2.45. The highest BCUT2D eigenvalue weighted by Gasteiger charge is 2.40. The quantitative estimate of drug-likeness (QED) is 0.854. The van der Waals surface area contributed by atoms with Crippen LogP contribution in [0.1, 0.15) is 45.1 Å². The van der Waals surface area contributed by atoms with Crippen molar-refractivity contribution in [1.29, 1.82) is 5.26 Å². The Morgan fingerprint density at radius 3 is 2.52 bits per heavy atom. The lowest BCUT2D eigenvalue weighted by Crippen LogP contribution is -2.36. The highest BCUT2D eigenvalue weighted by Crippen LogP contribution is 2.46. The van der Waals surface area contributed by atoms with E-state index in [-0.39, 0.29) is 17.0 Å². The molecule has 0 saturated carbocycles. The van der Waals surface area contributed by atoms with Crippen molar-refractivity contribution in [2.45, 2.75) is 39.5 Å². The first kappa shape index (κ1) is 15.5. The van der Waals surface area contributed by atoms with E-state index in [0.29, 0.717) is 17.6 Å². The van der Waals surface area contributed by atoms with Gasteiger partial charge in [0, 0.05) is 23.4 Å². The second kappa shape index (κ2) is 5.34. The van der Waals surface area contributed by atoms with Gasteiger partial charge in [0.15, 0.2) is 5.78 Å². The van der Waals surface area contributed by atoms with E-state index >= 15 is 0 Å². The van der Waals surface area contributed by atoms with Gasteiger partial charge in [-0.25, -0.2) is 4.39 Å². The molecule has 1 heterocycles. The van der Waals surface area contributed by atoms with Crippen molar-refractivity contribution in [3.8, 4) is 6.07 Å². The van der Waals surface area contributed by atoms with Gasteiger partial charge in [-0.3, -0.25) is 4.79 Å². The predicted molar refractivity (Wildman–Crippen MR) is 85.6 cm³/mol. The van der Waals surface area contributed by atoms with Gasteiger partial charge in [0.05, 0.1) is 17.6 Å². The SMILES string of the molecule is CC1=C(C#N)[C@H](c2ccc(F)cc2)C2=C(CC(C)(C)CC2=O)N1. The van der Waals surface area contributed by atoms with Crippen molar-refractivity contribution < 1.29 is 9.18 Å². The molecular formula is C19H19FN2O. The summed E-state index contributed by atoms with van der Waals surface area (Å²) in [5.74, 6) is -0.661. The maximum Gasteiger partial charge on any atom is 0.162 e. The number of hydrogen-bond donors (Lipinski definition) is 1. The number of carbonyl (C=O) groups excluding carboxylic acids is 1. The van der Waals surface area contributed by atoms with Crippen molar-refractivity contribution in [2.75, 3.05) is 0 Å². The van der Waals surface area contributed by atoms with E-state index in [4.69, 9.17) is 0 Å². The summed E-state index contributed by atoms with van der Waals surface area (Å²) in [7, 11) is 0. The van der Waals surface area contributed by atoms with Crippen LogP contribution in [0.3, 0.4) is 0 Å². The number of Topliss-reactive ketones (excluding diaryl/α,β-unsaturated/α-hetero) is 1. The fraction of sp³-hybridized carbons (Fsp3) is 0.368. The predicted octanol–water partition coefficient (Wildman–Crippen LogP) is 3.95. The zero-order valence-corrected chi connectivity index (χ0v) is 13.5. The van der Waals surface area contributed by atoms with Crippen LogP contribution < -0.4 is 5.32 Å². The minimum atomic E-state index is -0.402. The molecule has 118 valence electrons. The minimum absolute atomic E-state index is 0.0679. The van der Waals surface area contributed by atoms with E-state index in [1.165, 1.54) is 12.1 Å². The van der Waals surface area contributed by atoms with Crippen molar-refractivity contribution in [3.05, 3.63) is 58.2 Å². The molecule has 1 aromatic rings. The van der Waals surface area contributed by atoms with E-state index < -0.39 is 5.92 Å². The van der Waals surface area contributed by atoms with E-state index in [0.717, 1.165) is 23.4 Å². The molecule has 1 N–H and O–H groups in total. The number of rotatable bonds is 1. The van der Waals surface area contributed by atoms with Gasteiger partial charge in [-0.1, -0.05) is 26.0 Å². The zero-order chi connectivity index (χ0) is 16.8. The van der Waals surface area contributed by atoms with E-state index in [1.807, 2.05) is 6.92 Å². The summed E-state index contributed by atoms with van der Waals surface area (Å²) in [5.41, 5.74) is 3.55. The zero-order valence-electron chi connectivity index (χ0n) is 13.5. The van der Waals surface area contributed by atoms with Gasteiger partial charge in [0.2, 0.25) is 0 Å². The number of carbonyl (C=O) groups is 1. The highest BCUT2D eigenvalue weighted by atomic mass is 19.1. The Kier molecular flexibility index (Phi) is 3.60. The van der Waals surface area contributed by atoms with Crippen LogP contribution in [0, 0.1) is 22.6 Å². The monoisotopic (exact) mass is 310 g/mol. The molecule has 0 fully saturated rings. The van der Waals surface area contributed by atoms with E-state index in [1.54, 1.807) is 12.1 Å². The molecule has 23 heavy (non-hydrogen) atoms. The molecule has 0 unspecified atom stereocenters. The summed E-state index contributed by atoms with van der Waals surface area (Å²) in [5, 5.41) is 12.8. The van der Waals surface area contributed by atoms with Crippen LogP contribution in [0.5, 0.6) is 0 Å². The first-order chi connectivity index (χ1) is 10.8. The molecule has 0 bridgehead atoms. The number of benzene rings is 1. The Labute approximate surface area is 135 Å². The molecule has 1 aliphatic carbocycles. The molecule has 1 aliphatic heterocycles. The van der Waals surface area contributed by atoms with Gasteiger partial charge < -0.3 is 5.32 Å². The lowest BCUT2D eigenvalue weighted by atomic mass is 9.69. The fourth-order valence-electron chi connectivity index (χ4n) is 3.57. The van der Waals surface area contributed by atoms with Crippen LogP contribution in [0.4, 0.5) is 4.39 Å². The molecule has 0 saturated heterocycles. The average molecular weight is 310 g/mol. The second-order valence-corrected chi connectivity index (χ2v) is 7.09. The molecule has 0 aromatic heterocycles. The van der Waals surface area contributed by atoms with Crippen LogP contribution in [0.25, 0.3) is 0 Å². The molecule has 0 amide bonds. The maximum absolute atomic E-state index is 13.3. The van der Waals surface area contributed by atoms with Gasteiger partial charge in [0.25, 0.3) is 0 Å². The van der Waals surface area contributed by atoms with Gasteiger partial charge in [-0.2, -0.15) is 5.26 Å². The molecule has 3 rings (SSSR count). The number of allylic oxidation sites excluding steroid dienone is 4. The lowest BCUT2D eigenvalue weighted by Gasteiger charge is -2.38. The Hall–Kier alpha value is -2.41. The molecule has 0 radical (unpaired) electrons. The van der Waals surface area contributed by atoms with E-state index in [2.05, 4.69) is 25.2 Å². The first-order valence-electron chi connectivity index (χ1n) is 7.72. The maximum atomic E-state index is 13.3. The van der Waals surface area contributed by atoms with Crippen molar-refractivity contribution >= 4 is 5.78 Å². The molecular weight excluding hydrogens is 291 g/mol. The third kappa shape index (κ3) is 2.68. The molecule has 1 atom stereocenters. The fourth-order valence-corrected chi connectivity index (χ4v) is 3.57. The highest BCUT2D eigenvalue weighted by molar-refractivity contribution is 6.00. The standard InChI is InChI=1S/C19H19FN2O/c1-11-14(10-21)17(12-4-6-13(20)7-5-12)18-15(22-11)8-19(2,3)9-16(18)23/h4-7,17,22H,8-9H2,1-3H3/t17-/m0/s1. The Morgan fingerprint density at radius 1 is 1.26 bits per heavy atom. The van der Waals surface area contributed by atoms with Crippen LogP contribution >= 0.6 is 0 Å². The van der Waals surface area contributed by atoms with Crippen molar-refractivity contribution in [1.82, 2.24) is 5.32 Å². The number of nitriles is 1. The summed E-state index contributed by atoms with van der Waals surface area (Å²) < 4.78 is 13.3. The largest absolute Gasteiger partial charge is 0.361 e. The van der Waals surface area contributed by atoms with Crippen molar-refractivity contribution in [3.63, 3.8) is 0 Å². The molecule has 0 spiro atoms. The normalized spacial score (nSPS) is 23.3. The summed E-state index contributed by atoms with van der Waals surface area (Å²) in [6, 6.07) is 8.30. The number of ketones is 1. The number of nitrogens with zero attached hydrogens (tertiary/aromatic N) is 1. The molecule has 1 aromatic carbocycles. The number of halogens is 1. The first-order valence-corrected chi connectivity index (χ1v) is 7.72. The van der Waals surface area contributed by atoms with Crippen molar-refractivity contribution in [2.24, 2.45) is 5.41 Å². The Morgan fingerprint density at radius 2 is 1.91 bits per heavy atom. The Bertz CT molecular complexity index is 779. The van der Waals surface area contributed by atoms with Gasteiger partial charge in [-0.05, 0) is 36.5 Å². The van der Waals surface area contributed by atoms with Crippen LogP contribution in [0.2, 0.25) is 0 Å². The van der Waals surface area contributed by atoms with Gasteiger partial charge in [-0.15, -0.1) is 0 Å². The number of dihydropyridines is 1. The molecule has 4 heteroatoms. The summed E-state index contributed by atoms with van der Waals surface area (Å²) in [4.78, 5) is 12.8. The second-order valence-electron chi connectivity index (χ2n) is 7.09. The smallest absolute Gasteiger partial charge is 0.162 e. The molecule has 3 nitrogen and oxygen atoms in total.